The first-order valence-electron chi connectivity index (χ1n) is 11.7. The molecule has 1 N–H and O–H groups in total. The van der Waals surface area contributed by atoms with E-state index in [1.54, 1.807) is 24.3 Å². The Morgan fingerprint density at radius 1 is 0.667 bits per heavy atom. The van der Waals surface area contributed by atoms with Crippen LogP contribution in [-0.4, -0.2) is 22.9 Å². The fraction of sp³-hybridized carbons (Fsp3) is 0.167. The van der Waals surface area contributed by atoms with Gasteiger partial charge in [-0.05, 0) is 86.0 Å². The van der Waals surface area contributed by atoms with Crippen LogP contribution >= 0.6 is 0 Å². The Morgan fingerprint density at radius 3 is 1.72 bits per heavy atom. The number of hydrogen-bond donors (Lipinski definition) is 1. The molecular formula is C30H26N2O4. The van der Waals surface area contributed by atoms with Gasteiger partial charge in [-0.2, -0.15) is 5.06 Å². The zero-order chi connectivity index (χ0) is 25.9. The molecule has 0 unspecified atom stereocenters. The van der Waals surface area contributed by atoms with Crippen molar-refractivity contribution in [1.82, 2.24) is 0 Å². The van der Waals surface area contributed by atoms with Gasteiger partial charge < -0.3 is 0 Å². The summed E-state index contributed by atoms with van der Waals surface area (Å²) < 4.78 is 0. The fourth-order valence-electron chi connectivity index (χ4n) is 5.25. The summed E-state index contributed by atoms with van der Waals surface area (Å²) in [6.45, 7) is 9.21. The normalized spacial score (nSPS) is 12.9. The molecule has 0 aromatic heterocycles. The number of amides is 3. The van der Waals surface area contributed by atoms with Gasteiger partial charge in [0, 0.05) is 16.5 Å². The highest BCUT2D eigenvalue weighted by Crippen LogP contribution is 2.38. The van der Waals surface area contributed by atoms with Crippen molar-refractivity contribution < 1.29 is 19.6 Å². The molecule has 0 aliphatic carbocycles. The van der Waals surface area contributed by atoms with Crippen LogP contribution in [-0.2, 0) is 0 Å². The van der Waals surface area contributed by atoms with E-state index in [1.165, 1.54) is 4.90 Å². The summed E-state index contributed by atoms with van der Waals surface area (Å²) in [5.41, 5.74) is 5.77. The lowest BCUT2D eigenvalue weighted by Gasteiger charge is -2.30. The van der Waals surface area contributed by atoms with Crippen molar-refractivity contribution in [2.24, 2.45) is 0 Å². The number of benzene rings is 4. The molecule has 0 bridgehead atoms. The molecule has 6 heteroatoms. The second-order valence-electron chi connectivity index (χ2n) is 9.38. The van der Waals surface area contributed by atoms with Crippen molar-refractivity contribution >= 4 is 39.9 Å². The number of anilines is 2. The molecule has 0 radical (unpaired) electrons. The van der Waals surface area contributed by atoms with Crippen LogP contribution in [0.4, 0.5) is 11.4 Å². The number of para-hydroxylation sites is 2. The fourth-order valence-corrected chi connectivity index (χ4v) is 5.25. The summed E-state index contributed by atoms with van der Waals surface area (Å²) in [5.74, 6) is -1.50. The van der Waals surface area contributed by atoms with Gasteiger partial charge in [0.1, 0.15) is 0 Å². The Labute approximate surface area is 209 Å². The van der Waals surface area contributed by atoms with Crippen LogP contribution in [0.25, 0.3) is 10.8 Å². The van der Waals surface area contributed by atoms with Crippen LogP contribution in [0.15, 0.2) is 60.7 Å². The average Bonchev–Trinajstić information content (AvgIpc) is 2.84. The topological polar surface area (TPSA) is 77.9 Å². The number of carbonyl (C=O) groups excluding carboxylic acids is 3. The Kier molecular flexibility index (Phi) is 5.49. The second-order valence-corrected chi connectivity index (χ2v) is 9.38. The molecule has 3 amide bonds. The van der Waals surface area contributed by atoms with Gasteiger partial charge in [0.2, 0.25) is 0 Å². The van der Waals surface area contributed by atoms with Crippen molar-refractivity contribution in [3.8, 4) is 0 Å². The lowest BCUT2D eigenvalue weighted by molar-refractivity contribution is 0.0852. The van der Waals surface area contributed by atoms with E-state index in [9.17, 15) is 19.6 Å². The van der Waals surface area contributed by atoms with Gasteiger partial charge in [0.25, 0.3) is 17.7 Å². The predicted octanol–water partition coefficient (Wildman–Crippen LogP) is 6.22. The lowest BCUT2D eigenvalue weighted by atomic mass is 9.88. The first-order chi connectivity index (χ1) is 17.1. The number of imide groups is 1. The lowest BCUT2D eigenvalue weighted by Crippen LogP contribution is -2.41. The molecule has 4 aromatic carbocycles. The molecule has 36 heavy (non-hydrogen) atoms. The molecule has 4 aromatic rings. The number of rotatable bonds is 3. The smallest absolute Gasteiger partial charge is 0.281 e. The predicted molar refractivity (Wildman–Crippen MR) is 140 cm³/mol. The van der Waals surface area contributed by atoms with Crippen molar-refractivity contribution in [3.05, 3.63) is 105 Å². The molecule has 0 atom stereocenters. The Morgan fingerprint density at radius 2 is 1.17 bits per heavy atom. The van der Waals surface area contributed by atoms with Crippen molar-refractivity contribution in [2.75, 3.05) is 9.96 Å². The van der Waals surface area contributed by atoms with Crippen LogP contribution in [0.2, 0.25) is 0 Å². The van der Waals surface area contributed by atoms with Gasteiger partial charge in [-0.15, -0.1) is 0 Å². The Balaban J connectivity index is 1.71. The molecule has 1 aliphatic rings. The summed E-state index contributed by atoms with van der Waals surface area (Å²) in [6.07, 6.45) is 0. The van der Waals surface area contributed by atoms with Gasteiger partial charge in [0.05, 0.1) is 16.9 Å². The van der Waals surface area contributed by atoms with Crippen LogP contribution in [0, 0.1) is 34.6 Å². The average molecular weight is 479 g/mol. The molecule has 0 saturated heterocycles. The summed E-state index contributed by atoms with van der Waals surface area (Å²) in [4.78, 5) is 42.2. The van der Waals surface area contributed by atoms with E-state index in [0.717, 1.165) is 27.8 Å². The zero-order valence-electron chi connectivity index (χ0n) is 20.8. The maximum absolute atomic E-state index is 13.7. The number of hydroxylamine groups is 1. The molecule has 6 nitrogen and oxygen atoms in total. The largest absolute Gasteiger partial charge is 0.282 e. The van der Waals surface area contributed by atoms with Gasteiger partial charge in [-0.3, -0.25) is 19.6 Å². The third-order valence-corrected chi connectivity index (χ3v) is 6.97. The van der Waals surface area contributed by atoms with Gasteiger partial charge in [-0.1, -0.05) is 42.5 Å². The molecule has 1 aliphatic heterocycles. The van der Waals surface area contributed by atoms with E-state index in [2.05, 4.69) is 0 Å². The molecule has 5 rings (SSSR count). The van der Waals surface area contributed by atoms with Crippen LogP contribution in [0.3, 0.4) is 0 Å². The van der Waals surface area contributed by atoms with Crippen molar-refractivity contribution in [2.45, 2.75) is 34.6 Å². The summed E-state index contributed by atoms with van der Waals surface area (Å²) in [6, 6.07) is 17.7. The van der Waals surface area contributed by atoms with Gasteiger partial charge in [-0.25, -0.2) is 4.90 Å². The first kappa shape index (κ1) is 23.5. The minimum Gasteiger partial charge on any atom is -0.281 e. The quantitative estimate of drug-likeness (QED) is 0.215. The standard InChI is InChI=1S/C30H26N2O4/c1-16-12-13-22-25-23(29(34)31(28(22)33)26-17(2)8-6-9-18(26)3)15-14-21(24(16)25)30(35)32(36)27-19(4)10-7-11-20(27)5/h6-15,36H,1-5H3. The maximum Gasteiger partial charge on any atom is 0.282 e. The number of nitrogens with zero attached hydrogens (tertiary/aromatic N) is 2. The van der Waals surface area contributed by atoms with E-state index in [0.29, 0.717) is 38.3 Å². The van der Waals surface area contributed by atoms with Crippen LogP contribution < -0.4 is 9.96 Å². The first-order valence-corrected chi connectivity index (χ1v) is 11.7. The maximum atomic E-state index is 13.7. The van der Waals surface area contributed by atoms with E-state index < -0.39 is 17.7 Å². The van der Waals surface area contributed by atoms with Crippen LogP contribution in [0.5, 0.6) is 0 Å². The molecule has 0 fully saturated rings. The zero-order valence-corrected chi connectivity index (χ0v) is 20.8. The minimum atomic E-state index is -0.628. The van der Waals surface area contributed by atoms with E-state index in [1.807, 2.05) is 71.0 Å². The Hall–Kier alpha value is -4.29. The number of hydrogen-bond acceptors (Lipinski definition) is 4. The van der Waals surface area contributed by atoms with E-state index in [4.69, 9.17) is 0 Å². The number of carbonyl (C=O) groups is 3. The summed E-state index contributed by atoms with van der Waals surface area (Å²) >= 11 is 0. The minimum absolute atomic E-state index is 0.222. The van der Waals surface area contributed by atoms with Crippen molar-refractivity contribution in [1.29, 1.82) is 0 Å². The van der Waals surface area contributed by atoms with Gasteiger partial charge >= 0.3 is 0 Å². The van der Waals surface area contributed by atoms with Crippen LogP contribution in [0.1, 0.15) is 58.9 Å². The van der Waals surface area contributed by atoms with E-state index in [-0.39, 0.29) is 5.56 Å². The number of aryl methyl sites for hydroxylation is 5. The summed E-state index contributed by atoms with van der Waals surface area (Å²) in [5, 5.41) is 12.5. The monoisotopic (exact) mass is 478 g/mol. The molecule has 180 valence electrons. The molecule has 0 saturated carbocycles. The third-order valence-electron chi connectivity index (χ3n) is 6.97. The third kappa shape index (κ3) is 3.33. The highest BCUT2D eigenvalue weighted by atomic mass is 16.5. The van der Waals surface area contributed by atoms with Gasteiger partial charge in [0.15, 0.2) is 0 Å². The molecule has 1 heterocycles. The molecule has 0 spiro atoms. The second kappa shape index (κ2) is 8.43. The summed E-state index contributed by atoms with van der Waals surface area (Å²) in [7, 11) is 0. The SMILES string of the molecule is Cc1cccc(C)c1N(O)C(=O)c1ccc2c3c(ccc(C)c13)C(=O)N(c1c(C)cccc1C)C2=O. The molecular weight excluding hydrogens is 452 g/mol. The Bertz CT molecular complexity index is 1560. The van der Waals surface area contributed by atoms with Crippen molar-refractivity contribution in [3.63, 3.8) is 0 Å². The van der Waals surface area contributed by atoms with E-state index >= 15 is 0 Å². The highest BCUT2D eigenvalue weighted by molar-refractivity contribution is 6.37. The highest BCUT2D eigenvalue weighted by Gasteiger charge is 2.37.